The van der Waals surface area contributed by atoms with Crippen molar-refractivity contribution < 1.29 is 19.2 Å². The minimum Gasteiger partial charge on any atom is -0.447 e. The second-order valence-electron chi connectivity index (χ2n) is 10.3. The first-order valence-electron chi connectivity index (χ1n) is 11.7. The van der Waals surface area contributed by atoms with Crippen molar-refractivity contribution in [3.8, 4) is 0 Å². The highest BCUT2D eigenvalue weighted by molar-refractivity contribution is 5.96. The van der Waals surface area contributed by atoms with Gasteiger partial charge in [-0.1, -0.05) is 60.7 Å². The van der Waals surface area contributed by atoms with E-state index in [1.165, 1.54) is 4.90 Å². The molecule has 0 radical (unpaired) electrons. The zero-order valence-electron chi connectivity index (χ0n) is 20.0. The topological polar surface area (TPSA) is 59.1 Å². The molecule has 2 heterocycles. The first-order chi connectivity index (χ1) is 15.7. The Labute approximate surface area is 196 Å². The van der Waals surface area contributed by atoms with E-state index in [2.05, 4.69) is 27.7 Å². The lowest BCUT2D eigenvalue weighted by atomic mass is 9.82. The third-order valence-corrected chi connectivity index (χ3v) is 6.73. The Morgan fingerprint density at radius 1 is 1.00 bits per heavy atom. The molecule has 2 atom stereocenters. The molecule has 33 heavy (non-hydrogen) atoms. The summed E-state index contributed by atoms with van der Waals surface area (Å²) in [4.78, 5) is 34.5. The predicted molar refractivity (Wildman–Crippen MR) is 126 cm³/mol. The molecule has 2 aliphatic rings. The maximum atomic E-state index is 13.9. The van der Waals surface area contributed by atoms with E-state index < -0.39 is 12.2 Å². The van der Waals surface area contributed by atoms with Crippen molar-refractivity contribution in [1.82, 2.24) is 9.96 Å². The van der Waals surface area contributed by atoms with Gasteiger partial charge in [0.25, 0.3) is 5.91 Å². The number of rotatable bonds is 6. The normalized spacial score (nSPS) is 23.2. The number of carbonyl (C=O) groups excluding carboxylic acids is 2. The molecule has 1 unspecified atom stereocenters. The lowest BCUT2D eigenvalue weighted by Gasteiger charge is -2.52. The van der Waals surface area contributed by atoms with Crippen molar-refractivity contribution in [2.24, 2.45) is 0 Å². The summed E-state index contributed by atoms with van der Waals surface area (Å²) in [5, 5.41) is 1.98. The van der Waals surface area contributed by atoms with Crippen molar-refractivity contribution >= 4 is 12.0 Å². The van der Waals surface area contributed by atoms with Crippen LogP contribution in [0.1, 0.15) is 64.2 Å². The number of piperidine rings is 1. The molecule has 0 aromatic heterocycles. The van der Waals surface area contributed by atoms with Crippen molar-refractivity contribution in [3.63, 3.8) is 0 Å². The summed E-state index contributed by atoms with van der Waals surface area (Å²) in [5.41, 5.74) is 1.28. The third-order valence-electron chi connectivity index (χ3n) is 6.73. The van der Waals surface area contributed by atoms with Gasteiger partial charge < -0.3 is 4.74 Å². The lowest BCUT2D eigenvalue weighted by Crippen LogP contribution is -2.59. The molecule has 2 aromatic carbocycles. The molecule has 0 saturated carbocycles. The van der Waals surface area contributed by atoms with Crippen molar-refractivity contribution in [2.45, 2.75) is 76.6 Å². The van der Waals surface area contributed by atoms with Crippen LogP contribution in [0, 0.1) is 0 Å². The fourth-order valence-electron chi connectivity index (χ4n) is 5.14. The Hall–Kier alpha value is -2.70. The molecule has 0 spiro atoms. The highest BCUT2D eigenvalue weighted by atomic mass is 16.7. The molecular formula is C27H34N2O4. The highest BCUT2D eigenvalue weighted by Crippen LogP contribution is 2.41. The minimum atomic E-state index is -0.938. The van der Waals surface area contributed by atoms with Crippen LogP contribution < -0.4 is 0 Å². The smallest absolute Gasteiger partial charge is 0.417 e. The number of nitrogens with zero attached hydrogens (tertiary/aromatic N) is 2. The maximum absolute atomic E-state index is 13.9. The molecular weight excluding hydrogens is 416 g/mol. The summed E-state index contributed by atoms with van der Waals surface area (Å²) in [6.07, 6.45) is 2.03. The van der Waals surface area contributed by atoms with Crippen LogP contribution in [0.2, 0.25) is 0 Å². The molecule has 2 saturated heterocycles. The van der Waals surface area contributed by atoms with Gasteiger partial charge in [-0.15, -0.1) is 0 Å². The molecule has 2 fully saturated rings. The SMILES string of the molecule is CC1(C)CCCC(C)(C)N1OC(C(=O)N1C(=O)OC[C@@H]1Cc1ccccc1)c1ccccc1. The van der Waals surface area contributed by atoms with Gasteiger partial charge >= 0.3 is 6.09 Å². The number of carbonyl (C=O) groups is 2. The summed E-state index contributed by atoms with van der Waals surface area (Å²) >= 11 is 0. The molecule has 2 aromatic rings. The van der Waals surface area contributed by atoms with Gasteiger partial charge in [0.1, 0.15) is 6.61 Å². The van der Waals surface area contributed by atoms with Gasteiger partial charge in [0.05, 0.1) is 6.04 Å². The molecule has 0 bridgehead atoms. The summed E-state index contributed by atoms with van der Waals surface area (Å²) in [6.45, 7) is 8.75. The van der Waals surface area contributed by atoms with Crippen LogP contribution >= 0.6 is 0 Å². The molecule has 2 amide bonds. The Kier molecular flexibility index (Phi) is 6.59. The zero-order valence-corrected chi connectivity index (χ0v) is 20.0. The number of amides is 2. The highest BCUT2D eigenvalue weighted by Gasteiger charge is 2.47. The molecule has 4 rings (SSSR count). The van der Waals surface area contributed by atoms with E-state index in [0.29, 0.717) is 6.42 Å². The minimum absolute atomic E-state index is 0.182. The summed E-state index contributed by atoms with van der Waals surface area (Å²) in [5.74, 6) is -0.387. The molecule has 6 heteroatoms. The van der Waals surface area contributed by atoms with Gasteiger partial charge in [-0.3, -0.25) is 9.63 Å². The maximum Gasteiger partial charge on any atom is 0.417 e. The van der Waals surface area contributed by atoms with E-state index in [1.807, 2.05) is 65.7 Å². The number of benzene rings is 2. The van der Waals surface area contributed by atoms with Gasteiger partial charge in [0.2, 0.25) is 0 Å². The zero-order chi connectivity index (χ0) is 23.6. The van der Waals surface area contributed by atoms with Crippen LogP contribution in [0.25, 0.3) is 0 Å². The van der Waals surface area contributed by atoms with Gasteiger partial charge in [0.15, 0.2) is 6.10 Å². The predicted octanol–water partition coefficient (Wildman–Crippen LogP) is 5.29. The fraction of sp³-hybridized carbons (Fsp3) is 0.481. The number of cyclic esters (lactones) is 1. The Morgan fingerprint density at radius 3 is 2.18 bits per heavy atom. The van der Waals surface area contributed by atoms with Crippen molar-refractivity contribution in [1.29, 1.82) is 0 Å². The van der Waals surface area contributed by atoms with Crippen molar-refractivity contribution in [2.75, 3.05) is 6.61 Å². The van der Waals surface area contributed by atoms with E-state index in [4.69, 9.17) is 9.57 Å². The lowest BCUT2D eigenvalue weighted by molar-refractivity contribution is -0.302. The van der Waals surface area contributed by atoms with Crippen LogP contribution in [0.4, 0.5) is 4.79 Å². The van der Waals surface area contributed by atoms with Crippen LogP contribution in [0.3, 0.4) is 0 Å². The van der Waals surface area contributed by atoms with Crippen LogP contribution in [-0.4, -0.2) is 45.7 Å². The quantitative estimate of drug-likeness (QED) is 0.598. The second-order valence-corrected chi connectivity index (χ2v) is 10.3. The monoisotopic (exact) mass is 450 g/mol. The Balaban J connectivity index is 1.65. The first kappa shape index (κ1) is 23.5. The van der Waals surface area contributed by atoms with Crippen molar-refractivity contribution in [3.05, 3.63) is 71.8 Å². The first-order valence-corrected chi connectivity index (χ1v) is 11.7. The Bertz CT molecular complexity index is 958. The van der Waals surface area contributed by atoms with Crippen LogP contribution in [0.5, 0.6) is 0 Å². The van der Waals surface area contributed by atoms with E-state index >= 15 is 0 Å². The fourth-order valence-corrected chi connectivity index (χ4v) is 5.14. The van der Waals surface area contributed by atoms with Gasteiger partial charge in [-0.25, -0.2) is 9.69 Å². The van der Waals surface area contributed by atoms with Crippen LogP contribution in [0.15, 0.2) is 60.7 Å². The molecule has 6 nitrogen and oxygen atoms in total. The second kappa shape index (κ2) is 9.27. The molecule has 0 N–H and O–H groups in total. The molecule has 176 valence electrons. The van der Waals surface area contributed by atoms with E-state index in [0.717, 1.165) is 30.4 Å². The van der Waals surface area contributed by atoms with E-state index in [-0.39, 0.29) is 29.6 Å². The summed E-state index contributed by atoms with van der Waals surface area (Å²) in [6, 6.07) is 18.9. The van der Waals surface area contributed by atoms with E-state index in [9.17, 15) is 9.59 Å². The standard InChI is InChI=1S/C27H34N2O4/c1-26(2)16-11-17-27(3,4)29(26)33-23(21-14-9-6-10-15-21)24(30)28-22(19-32-25(28)31)18-20-12-7-5-8-13-20/h5-10,12-15,22-23H,11,16-19H2,1-4H3/t22-,23?/m0/s1. The third kappa shape index (κ3) is 4.97. The largest absolute Gasteiger partial charge is 0.447 e. The number of imide groups is 1. The number of hydrogen-bond acceptors (Lipinski definition) is 5. The van der Waals surface area contributed by atoms with E-state index in [1.54, 1.807) is 0 Å². The number of ether oxygens (including phenoxy) is 1. The number of hydroxylamine groups is 2. The van der Waals surface area contributed by atoms with Gasteiger partial charge in [0, 0.05) is 11.1 Å². The average Bonchev–Trinajstić information content (AvgIpc) is 3.13. The number of hydrogen-bond donors (Lipinski definition) is 0. The molecule has 0 aliphatic carbocycles. The van der Waals surface area contributed by atoms with Gasteiger partial charge in [-0.2, -0.15) is 5.06 Å². The summed E-state index contributed by atoms with van der Waals surface area (Å²) < 4.78 is 5.33. The van der Waals surface area contributed by atoms with Crippen LogP contribution in [-0.2, 0) is 20.8 Å². The molecule has 2 aliphatic heterocycles. The van der Waals surface area contributed by atoms with Gasteiger partial charge in [-0.05, 0) is 64.5 Å². The average molecular weight is 451 g/mol. The Morgan fingerprint density at radius 2 is 1.58 bits per heavy atom. The summed E-state index contributed by atoms with van der Waals surface area (Å²) in [7, 11) is 0.